The van der Waals surface area contributed by atoms with E-state index in [2.05, 4.69) is 0 Å². The Morgan fingerprint density at radius 2 is 1.60 bits per heavy atom. The fourth-order valence-electron chi connectivity index (χ4n) is 5.64. The molecule has 0 bridgehead atoms. The van der Waals surface area contributed by atoms with Gasteiger partial charge in [-0.2, -0.15) is 0 Å². The van der Waals surface area contributed by atoms with Gasteiger partial charge >= 0.3 is 0 Å². The molecule has 13 nitrogen and oxygen atoms in total. The Morgan fingerprint density at radius 1 is 0.860 bits per heavy atom. The van der Waals surface area contributed by atoms with Gasteiger partial charge in [-0.25, -0.2) is 0 Å². The lowest BCUT2D eigenvalue weighted by Gasteiger charge is -2.43. The summed E-state index contributed by atoms with van der Waals surface area (Å²) < 4.78 is 34.2. The van der Waals surface area contributed by atoms with Crippen molar-refractivity contribution in [3.63, 3.8) is 0 Å². The number of carbonyl (C=O) groups is 1. The van der Waals surface area contributed by atoms with Gasteiger partial charge in [-0.3, -0.25) is 4.79 Å². The zero-order valence-corrected chi connectivity index (χ0v) is 24.2. The molecule has 5 rings (SSSR count). The van der Waals surface area contributed by atoms with Crippen molar-refractivity contribution in [2.45, 2.75) is 82.5 Å². The van der Waals surface area contributed by atoms with Gasteiger partial charge in [-0.05, 0) is 24.6 Å². The number of methoxy groups -OCH3 is 1. The molecule has 43 heavy (non-hydrogen) atoms. The van der Waals surface area contributed by atoms with Crippen LogP contribution in [-0.2, 0) is 14.2 Å². The predicted octanol–water partition coefficient (Wildman–Crippen LogP) is 1.39. The number of aliphatic hydroxyl groups is 4. The maximum absolute atomic E-state index is 12.9. The van der Waals surface area contributed by atoms with E-state index in [9.17, 15) is 35.4 Å². The number of rotatable bonds is 7. The number of fused-ring (bicyclic) bond motifs is 1. The van der Waals surface area contributed by atoms with E-state index in [1.165, 1.54) is 25.3 Å². The van der Waals surface area contributed by atoms with Gasteiger partial charge in [0.05, 0.1) is 44.6 Å². The van der Waals surface area contributed by atoms with Gasteiger partial charge in [-0.1, -0.05) is 19.9 Å². The number of hydrogen-bond acceptors (Lipinski definition) is 13. The normalized spacial score (nSPS) is 36.0. The van der Waals surface area contributed by atoms with Crippen molar-refractivity contribution in [1.82, 2.24) is 0 Å². The highest BCUT2D eigenvalue weighted by Crippen LogP contribution is 2.43. The van der Waals surface area contributed by atoms with E-state index in [0.29, 0.717) is 5.56 Å². The van der Waals surface area contributed by atoms with Crippen LogP contribution in [0.5, 0.6) is 28.7 Å². The highest BCUT2D eigenvalue weighted by Gasteiger charge is 2.46. The number of phenolic OH excluding ortho intramolecular Hbond substituents is 2. The molecule has 6 N–H and O–H groups in total. The van der Waals surface area contributed by atoms with Crippen LogP contribution in [0, 0.1) is 11.8 Å². The molecule has 0 saturated carbocycles. The Kier molecular flexibility index (Phi) is 9.05. The topological polar surface area (TPSA) is 194 Å². The average Bonchev–Trinajstić information content (AvgIpc) is 2.97. The largest absolute Gasteiger partial charge is 0.507 e. The molecule has 236 valence electrons. The minimum absolute atomic E-state index is 0.00424. The summed E-state index contributed by atoms with van der Waals surface area (Å²) in [5.74, 6) is -1.72. The summed E-state index contributed by atoms with van der Waals surface area (Å²) in [6.07, 6.45) is -9.38. The van der Waals surface area contributed by atoms with E-state index < -0.39 is 72.9 Å². The summed E-state index contributed by atoms with van der Waals surface area (Å²) in [4.78, 5) is 12.9. The van der Waals surface area contributed by atoms with Crippen molar-refractivity contribution in [3.05, 3.63) is 41.5 Å². The maximum atomic E-state index is 12.9. The first-order chi connectivity index (χ1) is 20.4. The van der Waals surface area contributed by atoms with Crippen molar-refractivity contribution in [1.29, 1.82) is 0 Å². The van der Waals surface area contributed by atoms with Crippen molar-refractivity contribution in [2.24, 2.45) is 11.8 Å². The van der Waals surface area contributed by atoms with Crippen LogP contribution in [0.15, 0.2) is 30.3 Å². The first-order valence-electron chi connectivity index (χ1n) is 14.1. The fraction of sp³-hybridized carbons (Fsp3) is 0.567. The second-order valence-corrected chi connectivity index (χ2v) is 11.4. The molecule has 0 aromatic heterocycles. The van der Waals surface area contributed by atoms with E-state index in [1.54, 1.807) is 32.9 Å². The monoisotopic (exact) mass is 606 g/mol. The van der Waals surface area contributed by atoms with Crippen LogP contribution in [-0.4, -0.2) is 99.3 Å². The summed E-state index contributed by atoms with van der Waals surface area (Å²) in [7, 11) is 1.42. The third-order valence-corrected chi connectivity index (χ3v) is 8.47. The Bertz CT molecular complexity index is 1320. The molecule has 13 heteroatoms. The zero-order chi connectivity index (χ0) is 31.2. The van der Waals surface area contributed by atoms with Gasteiger partial charge in [0.15, 0.2) is 23.6 Å². The number of aliphatic hydroxyl groups excluding tert-OH is 4. The van der Waals surface area contributed by atoms with Gasteiger partial charge in [-0.15, -0.1) is 0 Å². The molecule has 3 aliphatic heterocycles. The smallest absolute Gasteiger partial charge is 0.229 e. The number of carbonyl (C=O) groups excluding carboxylic acids is 1. The highest BCUT2D eigenvalue weighted by molar-refractivity contribution is 6.02. The molecular weight excluding hydrogens is 568 g/mol. The summed E-state index contributed by atoms with van der Waals surface area (Å²) in [5.41, 5.74) is 0.477. The van der Waals surface area contributed by atoms with E-state index in [4.69, 9.17) is 28.4 Å². The Labute approximate surface area is 248 Å². The quantitative estimate of drug-likeness (QED) is 0.265. The molecule has 0 radical (unpaired) electrons. The molecule has 5 unspecified atom stereocenters. The van der Waals surface area contributed by atoms with Gasteiger partial charge in [0.2, 0.25) is 6.29 Å². The fourth-order valence-corrected chi connectivity index (χ4v) is 5.64. The summed E-state index contributed by atoms with van der Waals surface area (Å²) >= 11 is 0. The lowest BCUT2D eigenvalue weighted by molar-refractivity contribution is -0.305. The van der Waals surface area contributed by atoms with E-state index in [1.807, 2.05) is 0 Å². The van der Waals surface area contributed by atoms with Crippen LogP contribution in [0.3, 0.4) is 0 Å². The first kappa shape index (κ1) is 31.3. The van der Waals surface area contributed by atoms with Crippen molar-refractivity contribution >= 4 is 5.78 Å². The van der Waals surface area contributed by atoms with Crippen molar-refractivity contribution in [2.75, 3.05) is 13.7 Å². The standard InChI is InChI=1S/C30H38O13/c1-12-23(11-39-29-27(36)13(2)25(34)14(3)40-29)43-30(28(37)26(12)35)41-16-8-18(32)24-19(33)10-21(42-22(24)9-16)15-5-6-20(38-4)17(31)7-15/h5-9,12-14,21,23,25-32,34-37H,10-11H2,1-4H3/t12-,13+,14?,21?,23?,25-,26-,27?,28?,29-,30-/m1/s1. The maximum Gasteiger partial charge on any atom is 0.229 e. The van der Waals surface area contributed by atoms with Crippen LogP contribution < -0.4 is 14.2 Å². The Balaban J connectivity index is 1.30. The Morgan fingerprint density at radius 3 is 2.30 bits per heavy atom. The van der Waals surface area contributed by atoms with Crippen LogP contribution in [0.25, 0.3) is 0 Å². The third kappa shape index (κ3) is 6.11. The number of aromatic hydroxyl groups is 2. The zero-order valence-electron chi connectivity index (χ0n) is 24.2. The highest BCUT2D eigenvalue weighted by atomic mass is 16.7. The molecule has 0 spiro atoms. The molecule has 3 heterocycles. The lowest BCUT2D eigenvalue weighted by Crippen LogP contribution is -2.58. The number of ketones is 1. The van der Waals surface area contributed by atoms with E-state index in [-0.39, 0.29) is 47.4 Å². The Hall–Kier alpha value is -3.17. The van der Waals surface area contributed by atoms with Crippen LogP contribution in [0.2, 0.25) is 0 Å². The molecule has 2 aromatic carbocycles. The van der Waals surface area contributed by atoms with Gasteiger partial charge < -0.3 is 59.1 Å². The van der Waals surface area contributed by atoms with Gasteiger partial charge in [0.1, 0.15) is 41.1 Å². The number of hydrogen-bond donors (Lipinski definition) is 6. The minimum Gasteiger partial charge on any atom is -0.507 e. The third-order valence-electron chi connectivity index (χ3n) is 8.47. The van der Waals surface area contributed by atoms with Crippen LogP contribution in [0.4, 0.5) is 0 Å². The van der Waals surface area contributed by atoms with E-state index >= 15 is 0 Å². The second-order valence-electron chi connectivity index (χ2n) is 11.4. The van der Waals surface area contributed by atoms with Gasteiger partial charge in [0, 0.05) is 24.0 Å². The number of phenols is 2. The molecule has 2 fully saturated rings. The number of benzene rings is 2. The van der Waals surface area contributed by atoms with Crippen molar-refractivity contribution in [3.8, 4) is 28.7 Å². The molecule has 2 saturated heterocycles. The van der Waals surface area contributed by atoms with E-state index in [0.717, 1.165) is 0 Å². The second kappa shape index (κ2) is 12.4. The average molecular weight is 607 g/mol. The predicted molar refractivity (Wildman–Crippen MR) is 147 cm³/mol. The lowest BCUT2D eigenvalue weighted by atomic mass is 9.90. The molecule has 0 aliphatic carbocycles. The molecule has 2 aromatic rings. The number of Topliss-reactive ketones (excluding diaryl/α,β-unsaturated/α-hetero) is 1. The van der Waals surface area contributed by atoms with Crippen LogP contribution in [0.1, 0.15) is 49.2 Å². The molecule has 11 atom stereocenters. The summed E-state index contributed by atoms with van der Waals surface area (Å²) in [6, 6.07) is 7.19. The molecule has 3 aliphatic rings. The SMILES string of the molecule is COc1ccc(C2CC(=O)c3c(O)cc(O[C@@H]4OC(CO[C@@H]5OC(C)[C@H](O)[C@H](C)C5O)[C@@H](C)[C@@H](O)C4O)cc3O2)cc1O. The summed E-state index contributed by atoms with van der Waals surface area (Å²) in [5, 5.41) is 63.0. The van der Waals surface area contributed by atoms with Crippen molar-refractivity contribution < 1.29 is 63.9 Å². The molecule has 0 amide bonds. The van der Waals surface area contributed by atoms with Crippen LogP contribution >= 0.6 is 0 Å². The number of ether oxygens (including phenoxy) is 6. The molecular formula is C30H38O13. The van der Waals surface area contributed by atoms with Gasteiger partial charge in [0.25, 0.3) is 0 Å². The minimum atomic E-state index is -1.48. The first-order valence-corrected chi connectivity index (χ1v) is 14.1. The summed E-state index contributed by atoms with van der Waals surface area (Å²) in [6.45, 7) is 4.88.